The molecule has 0 heterocycles. The SMILES string of the molecule is CCOC(=O)C=CC(=O)NC(=S)NNC(=O)COc1ccccc1Cl. The first-order valence-corrected chi connectivity index (χ1v) is 7.83. The van der Waals surface area contributed by atoms with Gasteiger partial charge < -0.3 is 9.47 Å². The van der Waals surface area contributed by atoms with Crippen molar-refractivity contribution in [2.24, 2.45) is 0 Å². The normalized spacial score (nSPS) is 10.0. The van der Waals surface area contributed by atoms with Gasteiger partial charge in [0.15, 0.2) is 11.7 Å². The Kier molecular flexibility index (Phi) is 8.97. The maximum absolute atomic E-state index is 11.6. The summed E-state index contributed by atoms with van der Waals surface area (Å²) in [7, 11) is 0. The summed E-state index contributed by atoms with van der Waals surface area (Å²) in [6, 6.07) is 6.69. The molecule has 134 valence electrons. The van der Waals surface area contributed by atoms with Crippen LogP contribution in [0.15, 0.2) is 36.4 Å². The minimum Gasteiger partial charge on any atom is -0.482 e. The van der Waals surface area contributed by atoms with Gasteiger partial charge in [0.2, 0.25) is 5.91 Å². The molecule has 1 aromatic carbocycles. The summed E-state index contributed by atoms with van der Waals surface area (Å²) in [6.45, 7) is 1.53. The predicted molar refractivity (Wildman–Crippen MR) is 94.7 cm³/mol. The summed E-state index contributed by atoms with van der Waals surface area (Å²) in [5.41, 5.74) is 4.55. The average molecular weight is 386 g/mol. The number of amides is 2. The second-order valence-electron chi connectivity index (χ2n) is 4.30. The highest BCUT2D eigenvalue weighted by Gasteiger charge is 2.07. The maximum atomic E-state index is 11.6. The van der Waals surface area contributed by atoms with Crippen LogP contribution >= 0.6 is 23.8 Å². The number of thiocarbonyl (C=S) groups is 1. The van der Waals surface area contributed by atoms with Crippen LogP contribution in [-0.4, -0.2) is 36.1 Å². The molecule has 0 saturated carbocycles. The summed E-state index contributed by atoms with van der Waals surface area (Å²) in [4.78, 5) is 34.1. The summed E-state index contributed by atoms with van der Waals surface area (Å²) >= 11 is 10.7. The van der Waals surface area contributed by atoms with Gasteiger partial charge in [0, 0.05) is 12.2 Å². The van der Waals surface area contributed by atoms with Crippen molar-refractivity contribution in [1.29, 1.82) is 0 Å². The molecule has 2 amide bonds. The lowest BCUT2D eigenvalue weighted by molar-refractivity contribution is -0.137. The van der Waals surface area contributed by atoms with Gasteiger partial charge in [-0.15, -0.1) is 0 Å². The van der Waals surface area contributed by atoms with Crippen molar-refractivity contribution in [2.75, 3.05) is 13.2 Å². The highest BCUT2D eigenvalue weighted by molar-refractivity contribution is 7.80. The highest BCUT2D eigenvalue weighted by Crippen LogP contribution is 2.22. The fourth-order valence-electron chi connectivity index (χ4n) is 1.39. The van der Waals surface area contributed by atoms with Gasteiger partial charge >= 0.3 is 5.97 Å². The maximum Gasteiger partial charge on any atom is 0.330 e. The minimum atomic E-state index is -0.660. The van der Waals surface area contributed by atoms with Crippen LogP contribution in [-0.2, 0) is 19.1 Å². The third-order valence-corrected chi connectivity index (χ3v) is 2.92. The molecule has 0 aromatic heterocycles. The van der Waals surface area contributed by atoms with Gasteiger partial charge in [-0.2, -0.15) is 0 Å². The zero-order chi connectivity index (χ0) is 18.7. The molecule has 25 heavy (non-hydrogen) atoms. The molecule has 3 N–H and O–H groups in total. The van der Waals surface area contributed by atoms with Crippen LogP contribution in [0, 0.1) is 0 Å². The van der Waals surface area contributed by atoms with Crippen molar-refractivity contribution in [2.45, 2.75) is 6.92 Å². The van der Waals surface area contributed by atoms with Gasteiger partial charge in [0.1, 0.15) is 5.75 Å². The molecule has 0 spiro atoms. The third-order valence-electron chi connectivity index (χ3n) is 2.40. The lowest BCUT2D eigenvalue weighted by Crippen LogP contribution is -2.49. The number of carbonyl (C=O) groups excluding carboxylic acids is 3. The quantitative estimate of drug-likeness (QED) is 0.288. The molecule has 0 aliphatic carbocycles. The zero-order valence-electron chi connectivity index (χ0n) is 13.2. The first kappa shape index (κ1) is 20.4. The van der Waals surface area contributed by atoms with E-state index in [1.54, 1.807) is 31.2 Å². The van der Waals surface area contributed by atoms with Crippen LogP contribution < -0.4 is 20.9 Å². The minimum absolute atomic E-state index is 0.162. The van der Waals surface area contributed by atoms with Crippen LogP contribution in [0.5, 0.6) is 5.75 Å². The Balaban J connectivity index is 2.29. The average Bonchev–Trinajstić information content (AvgIpc) is 2.58. The Morgan fingerprint density at radius 3 is 2.60 bits per heavy atom. The second-order valence-corrected chi connectivity index (χ2v) is 5.11. The number of hydrazine groups is 1. The van der Waals surface area contributed by atoms with Crippen molar-refractivity contribution in [3.05, 3.63) is 41.4 Å². The molecule has 1 aromatic rings. The second kappa shape index (κ2) is 11.0. The number of hydrogen-bond donors (Lipinski definition) is 3. The smallest absolute Gasteiger partial charge is 0.330 e. The number of nitrogens with one attached hydrogen (secondary N) is 3. The summed E-state index contributed by atoms with van der Waals surface area (Å²) in [5.74, 6) is -1.49. The molecule has 0 atom stereocenters. The van der Waals surface area contributed by atoms with E-state index in [0.717, 1.165) is 12.2 Å². The lowest BCUT2D eigenvalue weighted by Gasteiger charge is -2.11. The van der Waals surface area contributed by atoms with Gasteiger partial charge in [0.25, 0.3) is 5.91 Å². The zero-order valence-corrected chi connectivity index (χ0v) is 14.8. The van der Waals surface area contributed by atoms with Crippen LogP contribution in [0.2, 0.25) is 5.02 Å². The standard InChI is InChI=1S/C15H16ClN3O5S/c1-2-23-14(22)8-7-12(20)17-15(25)19-18-13(21)9-24-11-6-4-3-5-10(11)16/h3-8H,2,9H2,1H3,(H,18,21)(H2,17,19,20,25). The Hall–Kier alpha value is -2.65. The first-order valence-electron chi connectivity index (χ1n) is 7.04. The Bertz CT molecular complexity index is 681. The monoisotopic (exact) mass is 385 g/mol. The molecule has 8 nitrogen and oxygen atoms in total. The molecule has 0 aliphatic heterocycles. The van der Waals surface area contributed by atoms with Crippen molar-refractivity contribution in [3.8, 4) is 5.75 Å². The lowest BCUT2D eigenvalue weighted by atomic mass is 10.3. The van der Waals surface area contributed by atoms with Gasteiger partial charge in [-0.25, -0.2) is 4.79 Å². The Morgan fingerprint density at radius 1 is 1.20 bits per heavy atom. The van der Waals surface area contributed by atoms with Crippen LogP contribution in [0.1, 0.15) is 6.92 Å². The molecule has 10 heteroatoms. The molecule has 0 aliphatic rings. The van der Waals surface area contributed by atoms with E-state index in [1.165, 1.54) is 0 Å². The molecule has 0 fully saturated rings. The molecule has 0 unspecified atom stereocenters. The van der Waals surface area contributed by atoms with Gasteiger partial charge in [0.05, 0.1) is 11.6 Å². The van der Waals surface area contributed by atoms with Crippen LogP contribution in [0.3, 0.4) is 0 Å². The van der Waals surface area contributed by atoms with Crippen LogP contribution in [0.4, 0.5) is 0 Å². The largest absolute Gasteiger partial charge is 0.482 e. The van der Waals surface area contributed by atoms with E-state index in [9.17, 15) is 14.4 Å². The highest BCUT2D eigenvalue weighted by atomic mass is 35.5. The Morgan fingerprint density at radius 2 is 1.92 bits per heavy atom. The van der Waals surface area contributed by atoms with Gasteiger partial charge in [-0.3, -0.25) is 25.8 Å². The molecule has 0 radical (unpaired) electrons. The number of carbonyl (C=O) groups is 3. The molecule has 0 bridgehead atoms. The summed E-state index contributed by atoms with van der Waals surface area (Å²) in [5, 5.41) is 2.44. The fourth-order valence-corrected chi connectivity index (χ4v) is 1.73. The van der Waals surface area contributed by atoms with Crippen molar-refractivity contribution in [1.82, 2.24) is 16.2 Å². The third kappa shape index (κ3) is 8.68. The topological polar surface area (TPSA) is 106 Å². The fraction of sp³-hybridized carbons (Fsp3) is 0.200. The van der Waals surface area contributed by atoms with Gasteiger partial charge in [-0.1, -0.05) is 23.7 Å². The van der Waals surface area contributed by atoms with Crippen molar-refractivity contribution in [3.63, 3.8) is 0 Å². The number of rotatable bonds is 6. The number of para-hydroxylation sites is 1. The number of esters is 1. The first-order chi connectivity index (χ1) is 11.9. The number of hydrogen-bond acceptors (Lipinski definition) is 6. The predicted octanol–water partition coefficient (Wildman–Crippen LogP) is 0.860. The van der Waals surface area contributed by atoms with Gasteiger partial charge in [-0.05, 0) is 31.3 Å². The van der Waals surface area contributed by atoms with Crippen molar-refractivity contribution < 1.29 is 23.9 Å². The van der Waals surface area contributed by atoms with Crippen molar-refractivity contribution >= 4 is 46.7 Å². The molecular formula is C15H16ClN3O5S. The Labute approximate surface area is 154 Å². The van der Waals surface area contributed by atoms with E-state index in [0.29, 0.717) is 10.8 Å². The molecular weight excluding hydrogens is 370 g/mol. The summed E-state index contributed by atoms with van der Waals surface area (Å²) in [6.07, 6.45) is 1.91. The van der Waals surface area contributed by atoms with E-state index in [4.69, 9.17) is 28.6 Å². The number of ether oxygens (including phenoxy) is 2. The van der Waals surface area contributed by atoms with E-state index >= 15 is 0 Å². The molecule has 1 rings (SSSR count). The van der Waals surface area contributed by atoms with E-state index in [2.05, 4.69) is 20.9 Å². The van der Waals surface area contributed by atoms with E-state index < -0.39 is 17.8 Å². The summed E-state index contributed by atoms with van der Waals surface area (Å²) < 4.78 is 9.84. The number of halogens is 1. The van der Waals surface area contributed by atoms with E-state index in [-0.39, 0.29) is 18.3 Å². The van der Waals surface area contributed by atoms with E-state index in [1.807, 2.05) is 0 Å². The number of benzene rings is 1. The van der Waals surface area contributed by atoms with Crippen LogP contribution in [0.25, 0.3) is 0 Å². The molecule has 0 saturated heterocycles.